The van der Waals surface area contributed by atoms with E-state index >= 15 is 0 Å². The highest BCUT2D eigenvalue weighted by molar-refractivity contribution is 5.85. The third-order valence-corrected chi connectivity index (χ3v) is 1.95. The first-order chi connectivity index (χ1) is 8.74. The summed E-state index contributed by atoms with van der Waals surface area (Å²) in [6, 6.07) is 1.34. The molecule has 0 aliphatic heterocycles. The van der Waals surface area contributed by atoms with E-state index in [9.17, 15) is 4.79 Å². The third kappa shape index (κ3) is 5.55. The topological polar surface area (TPSA) is 90.8 Å². The van der Waals surface area contributed by atoms with Gasteiger partial charge in [-0.3, -0.25) is 0 Å². The first kappa shape index (κ1) is 14.3. The van der Waals surface area contributed by atoms with E-state index in [1.54, 1.807) is 7.11 Å². The van der Waals surface area contributed by atoms with Crippen molar-refractivity contribution in [2.45, 2.75) is 6.42 Å². The summed E-state index contributed by atoms with van der Waals surface area (Å²) in [6.07, 6.45) is 2.16. The minimum absolute atomic E-state index is 0.0374. The molecule has 100 valence electrons. The second kappa shape index (κ2) is 8.37. The van der Waals surface area contributed by atoms with E-state index in [2.05, 4.69) is 9.97 Å². The maximum absolute atomic E-state index is 10.6. The van der Waals surface area contributed by atoms with Crippen molar-refractivity contribution in [3.63, 3.8) is 0 Å². The summed E-state index contributed by atoms with van der Waals surface area (Å²) in [4.78, 5) is 18.2. The molecule has 0 saturated heterocycles. The van der Waals surface area contributed by atoms with Crippen molar-refractivity contribution in [3.05, 3.63) is 18.0 Å². The van der Waals surface area contributed by atoms with Gasteiger partial charge >= 0.3 is 12.0 Å². The first-order valence-electron chi connectivity index (χ1n) is 5.50. The van der Waals surface area contributed by atoms with Crippen LogP contribution in [0.15, 0.2) is 12.3 Å². The SMILES string of the molecule is COCCCOCCOc1nccc(C(=O)O)n1. The average molecular weight is 256 g/mol. The Bertz CT molecular complexity index is 372. The fourth-order valence-corrected chi connectivity index (χ4v) is 1.13. The lowest BCUT2D eigenvalue weighted by molar-refractivity contribution is 0.0684. The predicted molar refractivity (Wildman–Crippen MR) is 61.8 cm³/mol. The van der Waals surface area contributed by atoms with E-state index in [4.69, 9.17) is 19.3 Å². The number of aromatic carboxylic acids is 1. The van der Waals surface area contributed by atoms with Crippen LogP contribution in [-0.2, 0) is 9.47 Å². The van der Waals surface area contributed by atoms with Gasteiger partial charge in [-0.15, -0.1) is 0 Å². The molecule has 1 N–H and O–H groups in total. The zero-order valence-electron chi connectivity index (χ0n) is 10.2. The maximum Gasteiger partial charge on any atom is 0.354 e. The molecule has 0 spiro atoms. The Morgan fingerprint density at radius 2 is 2.17 bits per heavy atom. The van der Waals surface area contributed by atoms with E-state index < -0.39 is 5.97 Å². The largest absolute Gasteiger partial charge is 0.477 e. The summed E-state index contributed by atoms with van der Waals surface area (Å²) in [7, 11) is 1.63. The van der Waals surface area contributed by atoms with Gasteiger partial charge in [0.25, 0.3) is 0 Å². The van der Waals surface area contributed by atoms with Crippen LogP contribution in [0, 0.1) is 0 Å². The van der Waals surface area contributed by atoms with E-state index in [-0.39, 0.29) is 18.3 Å². The highest BCUT2D eigenvalue weighted by atomic mass is 16.5. The van der Waals surface area contributed by atoms with Crippen LogP contribution in [0.5, 0.6) is 6.01 Å². The van der Waals surface area contributed by atoms with Gasteiger partial charge in [-0.1, -0.05) is 0 Å². The van der Waals surface area contributed by atoms with Crippen LogP contribution in [0.1, 0.15) is 16.9 Å². The van der Waals surface area contributed by atoms with Gasteiger partial charge in [0.1, 0.15) is 6.61 Å². The molecule has 1 rings (SSSR count). The fraction of sp³-hybridized carbons (Fsp3) is 0.545. The van der Waals surface area contributed by atoms with Gasteiger partial charge in [0, 0.05) is 26.5 Å². The molecule has 0 aromatic carbocycles. The molecule has 0 unspecified atom stereocenters. The lowest BCUT2D eigenvalue weighted by atomic mass is 10.4. The van der Waals surface area contributed by atoms with Crippen LogP contribution < -0.4 is 4.74 Å². The standard InChI is InChI=1S/C11H16N2O5/c1-16-5-2-6-17-7-8-18-11-12-4-3-9(13-11)10(14)15/h3-4H,2,5-8H2,1H3,(H,14,15). The molecule has 7 nitrogen and oxygen atoms in total. The van der Waals surface area contributed by atoms with Gasteiger partial charge < -0.3 is 19.3 Å². The highest BCUT2D eigenvalue weighted by Gasteiger charge is 2.06. The van der Waals surface area contributed by atoms with Gasteiger partial charge in [-0.2, -0.15) is 4.98 Å². The van der Waals surface area contributed by atoms with E-state index in [1.807, 2.05) is 0 Å². The summed E-state index contributed by atoms with van der Waals surface area (Å²) in [6.45, 7) is 1.91. The number of rotatable bonds is 9. The second-order valence-corrected chi connectivity index (χ2v) is 3.34. The number of hydrogen-bond acceptors (Lipinski definition) is 6. The van der Waals surface area contributed by atoms with Gasteiger partial charge in [-0.05, 0) is 12.5 Å². The van der Waals surface area contributed by atoms with Crippen molar-refractivity contribution < 1.29 is 24.1 Å². The Morgan fingerprint density at radius 3 is 2.89 bits per heavy atom. The Kier molecular flexibility index (Phi) is 6.67. The zero-order chi connectivity index (χ0) is 13.2. The minimum Gasteiger partial charge on any atom is -0.477 e. The molecule has 0 amide bonds. The van der Waals surface area contributed by atoms with E-state index in [1.165, 1.54) is 12.3 Å². The van der Waals surface area contributed by atoms with Crippen molar-refractivity contribution in [2.24, 2.45) is 0 Å². The maximum atomic E-state index is 10.6. The highest BCUT2D eigenvalue weighted by Crippen LogP contribution is 2.02. The lowest BCUT2D eigenvalue weighted by Gasteiger charge is -2.05. The van der Waals surface area contributed by atoms with Gasteiger partial charge in [0.05, 0.1) is 6.61 Å². The first-order valence-corrected chi connectivity index (χ1v) is 5.50. The monoisotopic (exact) mass is 256 g/mol. The van der Waals surface area contributed by atoms with Crippen LogP contribution >= 0.6 is 0 Å². The molecule has 0 atom stereocenters. The molecule has 18 heavy (non-hydrogen) atoms. The molecule has 0 saturated carbocycles. The number of carboxylic acids is 1. The minimum atomic E-state index is -1.11. The molecule has 0 fully saturated rings. The number of methoxy groups -OCH3 is 1. The number of nitrogens with zero attached hydrogens (tertiary/aromatic N) is 2. The zero-order valence-corrected chi connectivity index (χ0v) is 10.2. The van der Waals surface area contributed by atoms with Crippen molar-refractivity contribution in [3.8, 4) is 6.01 Å². The Labute approximate surface area is 105 Å². The molecule has 1 aromatic heterocycles. The number of ether oxygens (including phenoxy) is 3. The van der Waals surface area contributed by atoms with Crippen molar-refractivity contribution in [1.29, 1.82) is 0 Å². The van der Waals surface area contributed by atoms with E-state index in [0.29, 0.717) is 19.8 Å². The lowest BCUT2D eigenvalue weighted by Crippen LogP contribution is -2.11. The number of aromatic nitrogens is 2. The number of carbonyl (C=O) groups is 1. The molecule has 0 aliphatic rings. The van der Waals surface area contributed by atoms with Crippen LogP contribution in [0.3, 0.4) is 0 Å². The Balaban J connectivity index is 2.19. The van der Waals surface area contributed by atoms with Crippen molar-refractivity contribution >= 4 is 5.97 Å². The average Bonchev–Trinajstić information content (AvgIpc) is 2.38. The van der Waals surface area contributed by atoms with Crippen LogP contribution in [0.25, 0.3) is 0 Å². The van der Waals surface area contributed by atoms with Crippen LogP contribution in [-0.4, -0.2) is 54.6 Å². The van der Waals surface area contributed by atoms with Gasteiger partial charge in [0.2, 0.25) is 0 Å². The molecule has 0 bridgehead atoms. The Hall–Kier alpha value is -1.73. The van der Waals surface area contributed by atoms with Gasteiger partial charge in [-0.25, -0.2) is 9.78 Å². The summed E-state index contributed by atoms with van der Waals surface area (Å²) in [5, 5.41) is 8.72. The molecule has 1 heterocycles. The number of carboxylic acid groups (broad SMARTS) is 1. The quantitative estimate of drug-likeness (QED) is 0.647. The number of hydrogen-bond donors (Lipinski definition) is 1. The van der Waals surface area contributed by atoms with Crippen LogP contribution in [0.2, 0.25) is 0 Å². The Morgan fingerprint density at radius 1 is 1.33 bits per heavy atom. The molecule has 0 radical (unpaired) electrons. The van der Waals surface area contributed by atoms with Crippen molar-refractivity contribution in [2.75, 3.05) is 33.5 Å². The molecular formula is C11H16N2O5. The predicted octanol–water partition coefficient (Wildman–Crippen LogP) is 0.607. The summed E-state index contributed by atoms with van der Waals surface area (Å²) in [5.41, 5.74) is -0.0963. The van der Waals surface area contributed by atoms with Crippen LogP contribution in [0.4, 0.5) is 0 Å². The van der Waals surface area contributed by atoms with E-state index in [0.717, 1.165) is 6.42 Å². The normalized spacial score (nSPS) is 10.3. The summed E-state index contributed by atoms with van der Waals surface area (Å²) >= 11 is 0. The fourth-order valence-electron chi connectivity index (χ4n) is 1.13. The smallest absolute Gasteiger partial charge is 0.354 e. The molecule has 0 aliphatic carbocycles. The van der Waals surface area contributed by atoms with Crippen molar-refractivity contribution in [1.82, 2.24) is 9.97 Å². The summed E-state index contributed by atoms with van der Waals surface area (Å²) in [5.74, 6) is -1.11. The summed E-state index contributed by atoms with van der Waals surface area (Å²) < 4.78 is 15.3. The third-order valence-electron chi connectivity index (χ3n) is 1.95. The molecular weight excluding hydrogens is 240 g/mol. The molecule has 1 aromatic rings. The molecule has 7 heteroatoms. The second-order valence-electron chi connectivity index (χ2n) is 3.34. The van der Waals surface area contributed by atoms with Gasteiger partial charge in [0.15, 0.2) is 5.69 Å².